The molecule has 0 aliphatic heterocycles. The zero-order valence-electron chi connectivity index (χ0n) is 9.86. The van der Waals surface area contributed by atoms with Crippen molar-refractivity contribution in [3.8, 4) is 0 Å². The van der Waals surface area contributed by atoms with Crippen LogP contribution in [0, 0.1) is 12.8 Å². The van der Waals surface area contributed by atoms with Gasteiger partial charge in [0.05, 0.1) is 12.1 Å². The van der Waals surface area contributed by atoms with Gasteiger partial charge in [0.15, 0.2) is 0 Å². The number of nitrogens with one attached hydrogen (secondary N) is 1. The van der Waals surface area contributed by atoms with Gasteiger partial charge in [-0.05, 0) is 25.7 Å². The molecule has 0 amide bonds. The summed E-state index contributed by atoms with van der Waals surface area (Å²) in [5.74, 6) is 1.46. The number of aromatic nitrogens is 2. The quantitative estimate of drug-likeness (QED) is 0.851. The van der Waals surface area contributed by atoms with Gasteiger partial charge in [-0.15, -0.1) is 0 Å². The van der Waals surface area contributed by atoms with E-state index in [2.05, 4.69) is 21.6 Å². The molecule has 2 N–H and O–H groups in total. The molecule has 2 unspecified atom stereocenters. The van der Waals surface area contributed by atoms with Crippen LogP contribution in [-0.4, -0.2) is 26.6 Å². The molecule has 1 aliphatic rings. The topological polar surface area (TPSA) is 58.0 Å². The lowest BCUT2D eigenvalue weighted by Gasteiger charge is -2.39. The molecule has 0 saturated heterocycles. The predicted octanol–water partition coefficient (Wildman–Crippen LogP) is 2.20. The summed E-state index contributed by atoms with van der Waals surface area (Å²) < 4.78 is 4.15. The second-order valence-corrected chi connectivity index (χ2v) is 5.66. The summed E-state index contributed by atoms with van der Waals surface area (Å²) in [5.41, 5.74) is -0.177. The number of anilines is 1. The normalized spacial score (nSPS) is 30.3. The van der Waals surface area contributed by atoms with E-state index in [-0.39, 0.29) is 12.1 Å². The fourth-order valence-corrected chi connectivity index (χ4v) is 3.23. The van der Waals surface area contributed by atoms with Gasteiger partial charge in [-0.1, -0.05) is 19.8 Å². The van der Waals surface area contributed by atoms with Gasteiger partial charge in [0.25, 0.3) is 0 Å². The van der Waals surface area contributed by atoms with Gasteiger partial charge in [-0.3, -0.25) is 0 Å². The molecule has 1 aliphatic carbocycles. The number of aliphatic hydroxyl groups is 1. The van der Waals surface area contributed by atoms with Crippen LogP contribution in [0.15, 0.2) is 0 Å². The lowest BCUT2D eigenvalue weighted by atomic mass is 9.77. The zero-order valence-corrected chi connectivity index (χ0v) is 10.7. The monoisotopic (exact) mass is 241 g/mol. The van der Waals surface area contributed by atoms with Gasteiger partial charge in [0.1, 0.15) is 5.82 Å². The third kappa shape index (κ3) is 2.52. The van der Waals surface area contributed by atoms with Crippen molar-refractivity contribution in [3.05, 3.63) is 5.82 Å². The number of hydrogen-bond donors (Lipinski definition) is 2. The molecule has 16 heavy (non-hydrogen) atoms. The van der Waals surface area contributed by atoms with E-state index in [1.807, 2.05) is 6.92 Å². The van der Waals surface area contributed by atoms with Crippen LogP contribution >= 0.6 is 11.5 Å². The van der Waals surface area contributed by atoms with Crippen molar-refractivity contribution in [2.24, 2.45) is 5.92 Å². The Bertz CT molecular complexity index is 355. The van der Waals surface area contributed by atoms with Crippen molar-refractivity contribution in [2.75, 3.05) is 11.9 Å². The predicted molar refractivity (Wildman–Crippen MR) is 65.7 cm³/mol. The molecule has 90 valence electrons. The van der Waals surface area contributed by atoms with Crippen LogP contribution in [0.2, 0.25) is 0 Å². The number of hydrogen-bond acceptors (Lipinski definition) is 5. The lowest BCUT2D eigenvalue weighted by molar-refractivity contribution is 0.149. The van der Waals surface area contributed by atoms with E-state index >= 15 is 0 Å². The Morgan fingerprint density at radius 1 is 1.62 bits per heavy atom. The van der Waals surface area contributed by atoms with Gasteiger partial charge in [0, 0.05) is 11.5 Å². The molecule has 5 heteroatoms. The second kappa shape index (κ2) is 4.67. The Balaban J connectivity index is 2.09. The van der Waals surface area contributed by atoms with Gasteiger partial charge < -0.3 is 10.4 Å². The third-order valence-corrected chi connectivity index (χ3v) is 4.02. The van der Waals surface area contributed by atoms with Crippen molar-refractivity contribution in [2.45, 2.75) is 45.1 Å². The summed E-state index contributed by atoms with van der Waals surface area (Å²) in [5, 5.41) is 13.8. The van der Waals surface area contributed by atoms with Gasteiger partial charge in [0.2, 0.25) is 5.13 Å². The fraction of sp³-hybridized carbons (Fsp3) is 0.818. The summed E-state index contributed by atoms with van der Waals surface area (Å²) in [6.45, 7) is 4.31. The number of nitrogens with zero attached hydrogens (tertiary/aromatic N) is 2. The first-order valence-electron chi connectivity index (χ1n) is 5.83. The second-order valence-electron chi connectivity index (χ2n) is 4.91. The molecule has 1 heterocycles. The molecule has 2 rings (SSSR count). The molecule has 0 aromatic carbocycles. The highest BCUT2D eigenvalue weighted by molar-refractivity contribution is 7.09. The van der Waals surface area contributed by atoms with E-state index in [0.29, 0.717) is 5.92 Å². The standard InChI is InChI=1S/C11H19N3OS/c1-8-4-3-5-11(6-8,7-15)13-10-12-9(2)14-16-10/h8,15H,3-7H2,1-2H3,(H,12,13,14). The molecule has 0 spiro atoms. The molecule has 1 aromatic heterocycles. The highest BCUT2D eigenvalue weighted by Gasteiger charge is 2.35. The average Bonchev–Trinajstić information content (AvgIpc) is 2.64. The Morgan fingerprint density at radius 3 is 3.00 bits per heavy atom. The van der Waals surface area contributed by atoms with Crippen molar-refractivity contribution in [3.63, 3.8) is 0 Å². The molecule has 1 aromatic rings. The number of aryl methyl sites for hydroxylation is 1. The van der Waals surface area contributed by atoms with Crippen LogP contribution in [-0.2, 0) is 0 Å². The molecular formula is C11H19N3OS. The summed E-state index contributed by atoms with van der Waals surface area (Å²) in [4.78, 5) is 4.31. The Kier molecular flexibility index (Phi) is 3.44. The minimum atomic E-state index is -0.177. The third-order valence-electron chi connectivity index (χ3n) is 3.29. The maximum absolute atomic E-state index is 9.62. The van der Waals surface area contributed by atoms with E-state index < -0.39 is 0 Å². The first kappa shape index (κ1) is 11.8. The van der Waals surface area contributed by atoms with Gasteiger partial charge in [-0.25, -0.2) is 4.98 Å². The summed E-state index contributed by atoms with van der Waals surface area (Å²) in [7, 11) is 0. The van der Waals surface area contributed by atoms with Gasteiger partial charge in [-0.2, -0.15) is 4.37 Å². The largest absolute Gasteiger partial charge is 0.394 e. The van der Waals surface area contributed by atoms with E-state index in [4.69, 9.17) is 0 Å². The van der Waals surface area contributed by atoms with E-state index in [0.717, 1.165) is 23.8 Å². The van der Waals surface area contributed by atoms with Gasteiger partial charge >= 0.3 is 0 Å². The van der Waals surface area contributed by atoms with Crippen LogP contribution in [0.5, 0.6) is 0 Å². The van der Waals surface area contributed by atoms with E-state index in [9.17, 15) is 5.11 Å². The van der Waals surface area contributed by atoms with Crippen molar-refractivity contribution in [1.29, 1.82) is 0 Å². The van der Waals surface area contributed by atoms with Crippen molar-refractivity contribution >= 4 is 16.7 Å². The van der Waals surface area contributed by atoms with E-state index in [1.165, 1.54) is 24.4 Å². The highest BCUT2D eigenvalue weighted by atomic mass is 32.1. The zero-order chi connectivity index (χ0) is 11.6. The molecule has 0 bridgehead atoms. The first-order chi connectivity index (χ1) is 7.63. The molecule has 2 atom stereocenters. The van der Waals surface area contributed by atoms with Crippen molar-refractivity contribution < 1.29 is 5.11 Å². The SMILES string of the molecule is Cc1nsc(NC2(CO)CCCC(C)C2)n1. The highest BCUT2D eigenvalue weighted by Crippen LogP contribution is 2.34. The van der Waals surface area contributed by atoms with Crippen LogP contribution in [0.1, 0.15) is 38.4 Å². The summed E-state index contributed by atoms with van der Waals surface area (Å²) in [6.07, 6.45) is 4.47. The van der Waals surface area contributed by atoms with Crippen LogP contribution in [0.4, 0.5) is 5.13 Å². The molecule has 4 nitrogen and oxygen atoms in total. The Morgan fingerprint density at radius 2 is 2.44 bits per heavy atom. The smallest absolute Gasteiger partial charge is 0.203 e. The minimum absolute atomic E-state index is 0.177. The maximum Gasteiger partial charge on any atom is 0.203 e. The average molecular weight is 241 g/mol. The fourth-order valence-electron chi connectivity index (χ4n) is 2.53. The molecule has 0 radical (unpaired) electrons. The lowest BCUT2D eigenvalue weighted by Crippen LogP contribution is -2.45. The number of rotatable bonds is 3. The summed E-state index contributed by atoms with van der Waals surface area (Å²) in [6, 6.07) is 0. The van der Waals surface area contributed by atoms with Crippen LogP contribution in [0.3, 0.4) is 0 Å². The maximum atomic E-state index is 9.62. The summed E-state index contributed by atoms with van der Waals surface area (Å²) >= 11 is 1.37. The molecule has 1 saturated carbocycles. The first-order valence-corrected chi connectivity index (χ1v) is 6.60. The Labute approximate surface area is 100 Å². The molecular weight excluding hydrogens is 222 g/mol. The minimum Gasteiger partial charge on any atom is -0.394 e. The molecule has 1 fully saturated rings. The van der Waals surface area contributed by atoms with Crippen LogP contribution < -0.4 is 5.32 Å². The Hall–Kier alpha value is -0.680. The van der Waals surface area contributed by atoms with Crippen molar-refractivity contribution in [1.82, 2.24) is 9.36 Å². The van der Waals surface area contributed by atoms with Crippen LogP contribution in [0.25, 0.3) is 0 Å². The number of aliphatic hydroxyl groups excluding tert-OH is 1. The van der Waals surface area contributed by atoms with E-state index in [1.54, 1.807) is 0 Å².